The summed E-state index contributed by atoms with van der Waals surface area (Å²) >= 11 is 3.08. The second kappa shape index (κ2) is 5.69. The Hall–Kier alpha value is -1.43. The molecule has 0 bridgehead atoms. The molecule has 104 valence electrons. The Bertz CT molecular complexity index is 491. The highest BCUT2D eigenvalue weighted by molar-refractivity contribution is 9.10. The van der Waals surface area contributed by atoms with Crippen molar-refractivity contribution in [2.75, 3.05) is 0 Å². The molecule has 19 heavy (non-hydrogen) atoms. The topological polar surface area (TPSA) is 66.4 Å². The first-order valence-corrected chi connectivity index (χ1v) is 6.40. The fourth-order valence-corrected chi connectivity index (χ4v) is 2.01. The number of carbonyl (C=O) groups excluding carboxylic acids is 1. The number of aliphatic carboxylic acids is 1. The van der Waals surface area contributed by atoms with Gasteiger partial charge in [0.25, 0.3) is 5.91 Å². The summed E-state index contributed by atoms with van der Waals surface area (Å²) in [6.45, 7) is 5.11. The van der Waals surface area contributed by atoms with Gasteiger partial charge in [-0.1, -0.05) is 36.7 Å². The summed E-state index contributed by atoms with van der Waals surface area (Å²) in [5.41, 5.74) is -0.575. The fourth-order valence-electron chi connectivity index (χ4n) is 1.55. The van der Waals surface area contributed by atoms with Crippen molar-refractivity contribution in [2.24, 2.45) is 5.41 Å². The van der Waals surface area contributed by atoms with E-state index in [1.807, 2.05) is 0 Å². The van der Waals surface area contributed by atoms with Gasteiger partial charge in [-0.25, -0.2) is 9.18 Å². The average Bonchev–Trinajstić information content (AvgIpc) is 2.21. The van der Waals surface area contributed by atoms with Gasteiger partial charge in [0.15, 0.2) is 0 Å². The van der Waals surface area contributed by atoms with Crippen molar-refractivity contribution in [3.63, 3.8) is 0 Å². The molecule has 0 aromatic heterocycles. The second-order valence-corrected chi connectivity index (χ2v) is 6.18. The van der Waals surface area contributed by atoms with Gasteiger partial charge < -0.3 is 10.4 Å². The lowest BCUT2D eigenvalue weighted by atomic mass is 9.86. The number of hydrogen-bond donors (Lipinski definition) is 2. The predicted molar refractivity (Wildman–Crippen MR) is 72.4 cm³/mol. The van der Waals surface area contributed by atoms with E-state index in [0.29, 0.717) is 4.47 Å². The minimum atomic E-state index is -1.13. The largest absolute Gasteiger partial charge is 0.480 e. The molecule has 0 aliphatic carbocycles. The number of rotatable bonds is 3. The molecule has 1 aromatic carbocycles. The van der Waals surface area contributed by atoms with Crippen LogP contribution in [-0.4, -0.2) is 23.0 Å². The lowest BCUT2D eigenvalue weighted by Gasteiger charge is -2.27. The van der Waals surface area contributed by atoms with E-state index in [9.17, 15) is 14.0 Å². The van der Waals surface area contributed by atoms with Crippen molar-refractivity contribution in [1.29, 1.82) is 0 Å². The summed E-state index contributed by atoms with van der Waals surface area (Å²) in [4.78, 5) is 23.1. The molecular formula is C13H15BrFNO3. The third kappa shape index (κ3) is 4.31. The average molecular weight is 332 g/mol. The van der Waals surface area contributed by atoms with Crippen molar-refractivity contribution in [2.45, 2.75) is 26.8 Å². The van der Waals surface area contributed by atoms with Gasteiger partial charge in [-0.2, -0.15) is 0 Å². The maximum absolute atomic E-state index is 13.2. The van der Waals surface area contributed by atoms with Crippen LogP contribution in [0.15, 0.2) is 22.7 Å². The van der Waals surface area contributed by atoms with Gasteiger partial charge in [-0.05, 0) is 23.6 Å². The van der Waals surface area contributed by atoms with Crippen LogP contribution in [0.3, 0.4) is 0 Å². The number of hydrogen-bond acceptors (Lipinski definition) is 2. The Kier molecular flexibility index (Phi) is 4.68. The molecule has 1 atom stereocenters. The first-order chi connectivity index (χ1) is 8.61. The molecule has 2 N–H and O–H groups in total. The lowest BCUT2D eigenvalue weighted by Crippen LogP contribution is -2.49. The number of carboxylic acids is 1. The van der Waals surface area contributed by atoms with E-state index in [1.165, 1.54) is 12.1 Å². The van der Waals surface area contributed by atoms with Crippen LogP contribution in [0.25, 0.3) is 0 Å². The van der Waals surface area contributed by atoms with Gasteiger partial charge in [0.2, 0.25) is 0 Å². The first-order valence-electron chi connectivity index (χ1n) is 5.61. The SMILES string of the molecule is CC(C)(C)[C@H](NC(=O)c1cc(F)cc(Br)c1)C(=O)O. The van der Waals surface area contributed by atoms with Gasteiger partial charge in [0, 0.05) is 10.0 Å². The van der Waals surface area contributed by atoms with Crippen LogP contribution in [0.5, 0.6) is 0 Å². The highest BCUT2D eigenvalue weighted by Gasteiger charge is 2.32. The number of halogens is 2. The Balaban J connectivity index is 2.97. The summed E-state index contributed by atoms with van der Waals surface area (Å²) in [7, 11) is 0. The number of carbonyl (C=O) groups is 2. The van der Waals surface area contributed by atoms with Crippen LogP contribution >= 0.6 is 15.9 Å². The molecule has 0 saturated heterocycles. The Labute approximate surface area is 119 Å². The molecule has 0 aliphatic rings. The summed E-state index contributed by atoms with van der Waals surface area (Å²) in [6.07, 6.45) is 0. The quantitative estimate of drug-likeness (QED) is 0.894. The van der Waals surface area contributed by atoms with Gasteiger partial charge in [-0.3, -0.25) is 4.79 Å². The Morgan fingerprint density at radius 3 is 2.32 bits per heavy atom. The van der Waals surface area contributed by atoms with Crippen LogP contribution < -0.4 is 5.32 Å². The fraction of sp³-hybridized carbons (Fsp3) is 0.385. The maximum Gasteiger partial charge on any atom is 0.326 e. The van der Waals surface area contributed by atoms with E-state index >= 15 is 0 Å². The molecule has 0 unspecified atom stereocenters. The summed E-state index contributed by atoms with van der Waals surface area (Å²) in [5.74, 6) is -2.32. The zero-order chi connectivity index (χ0) is 14.8. The zero-order valence-electron chi connectivity index (χ0n) is 10.8. The van der Waals surface area contributed by atoms with Crippen molar-refractivity contribution < 1.29 is 19.1 Å². The van der Waals surface area contributed by atoms with Gasteiger partial charge in [-0.15, -0.1) is 0 Å². The Morgan fingerprint density at radius 2 is 1.89 bits per heavy atom. The molecule has 0 radical (unpaired) electrons. The smallest absolute Gasteiger partial charge is 0.326 e. The standard InChI is InChI=1S/C13H15BrFNO3/c1-13(2,3)10(12(18)19)16-11(17)7-4-8(14)6-9(15)5-7/h4-6,10H,1-3H3,(H,16,17)(H,18,19)/t10-/m1/s1. The van der Waals surface area contributed by atoms with Crippen LogP contribution in [-0.2, 0) is 4.79 Å². The van der Waals surface area contributed by atoms with E-state index < -0.39 is 29.2 Å². The summed E-state index contributed by atoms with van der Waals surface area (Å²) in [6, 6.07) is 2.65. The van der Waals surface area contributed by atoms with E-state index in [0.717, 1.165) is 6.07 Å². The molecule has 0 aliphatic heterocycles. The van der Waals surface area contributed by atoms with Crippen molar-refractivity contribution in [1.82, 2.24) is 5.32 Å². The number of carboxylic acid groups (broad SMARTS) is 1. The summed E-state index contributed by atoms with van der Waals surface area (Å²) < 4.78 is 13.6. The molecule has 1 aromatic rings. The molecule has 0 fully saturated rings. The lowest BCUT2D eigenvalue weighted by molar-refractivity contribution is -0.142. The van der Waals surface area contributed by atoms with E-state index in [1.54, 1.807) is 20.8 Å². The van der Waals surface area contributed by atoms with E-state index in [2.05, 4.69) is 21.2 Å². The van der Waals surface area contributed by atoms with E-state index in [4.69, 9.17) is 5.11 Å². The second-order valence-electron chi connectivity index (χ2n) is 5.27. The highest BCUT2D eigenvalue weighted by Crippen LogP contribution is 2.21. The van der Waals surface area contributed by atoms with Crippen LogP contribution in [0.2, 0.25) is 0 Å². The molecular weight excluding hydrogens is 317 g/mol. The van der Waals surface area contributed by atoms with Crippen molar-refractivity contribution in [3.8, 4) is 0 Å². The minimum Gasteiger partial charge on any atom is -0.480 e. The monoisotopic (exact) mass is 331 g/mol. The van der Waals surface area contributed by atoms with Crippen molar-refractivity contribution >= 4 is 27.8 Å². The first kappa shape index (κ1) is 15.6. The number of amides is 1. The van der Waals surface area contributed by atoms with E-state index in [-0.39, 0.29) is 5.56 Å². The number of benzene rings is 1. The molecule has 0 spiro atoms. The molecule has 0 saturated carbocycles. The Morgan fingerprint density at radius 1 is 1.32 bits per heavy atom. The minimum absolute atomic E-state index is 0.0716. The van der Waals surface area contributed by atoms with Crippen LogP contribution in [0, 0.1) is 11.2 Å². The third-order valence-corrected chi connectivity index (χ3v) is 2.97. The van der Waals surface area contributed by atoms with Crippen LogP contribution in [0.4, 0.5) is 4.39 Å². The van der Waals surface area contributed by atoms with Gasteiger partial charge >= 0.3 is 5.97 Å². The molecule has 0 heterocycles. The van der Waals surface area contributed by atoms with Gasteiger partial charge in [0.1, 0.15) is 11.9 Å². The van der Waals surface area contributed by atoms with Crippen molar-refractivity contribution in [3.05, 3.63) is 34.1 Å². The third-order valence-electron chi connectivity index (χ3n) is 2.51. The van der Waals surface area contributed by atoms with Crippen LogP contribution in [0.1, 0.15) is 31.1 Å². The maximum atomic E-state index is 13.2. The normalized spacial score (nSPS) is 12.9. The zero-order valence-corrected chi connectivity index (χ0v) is 12.4. The molecule has 6 heteroatoms. The number of nitrogens with one attached hydrogen (secondary N) is 1. The molecule has 1 amide bonds. The highest BCUT2D eigenvalue weighted by atomic mass is 79.9. The molecule has 4 nitrogen and oxygen atoms in total. The summed E-state index contributed by atoms with van der Waals surface area (Å²) in [5, 5.41) is 11.5. The molecule has 1 rings (SSSR count). The predicted octanol–water partition coefficient (Wildman–Crippen LogP) is 2.82. The van der Waals surface area contributed by atoms with Gasteiger partial charge in [0.05, 0.1) is 0 Å².